The van der Waals surface area contributed by atoms with Crippen molar-refractivity contribution in [1.82, 2.24) is 9.55 Å². The standard InChI is InChI=1S/C12H21N3/c1-2-3-8-15-9-14-11(12(15)13)10-6-4-5-7-10/h9-10H,2-8,13H2,1H3. The van der Waals surface area contributed by atoms with Crippen LogP contribution in [0.3, 0.4) is 0 Å². The first kappa shape index (κ1) is 10.5. The molecule has 0 saturated heterocycles. The minimum Gasteiger partial charge on any atom is -0.384 e. The fraction of sp³-hybridized carbons (Fsp3) is 0.750. The van der Waals surface area contributed by atoms with Crippen molar-refractivity contribution in [3.63, 3.8) is 0 Å². The topological polar surface area (TPSA) is 43.8 Å². The third-order valence-electron chi connectivity index (χ3n) is 3.40. The second kappa shape index (κ2) is 4.69. The molecule has 3 heteroatoms. The fourth-order valence-electron chi connectivity index (χ4n) is 2.43. The molecule has 1 aromatic rings. The van der Waals surface area contributed by atoms with Crippen molar-refractivity contribution in [1.29, 1.82) is 0 Å². The van der Waals surface area contributed by atoms with E-state index >= 15 is 0 Å². The number of aryl methyl sites for hydroxylation is 1. The van der Waals surface area contributed by atoms with E-state index in [1.807, 2.05) is 6.33 Å². The Morgan fingerprint density at radius 3 is 2.87 bits per heavy atom. The summed E-state index contributed by atoms with van der Waals surface area (Å²) in [6.07, 6.45) is 9.53. The zero-order valence-electron chi connectivity index (χ0n) is 9.58. The Hall–Kier alpha value is -0.990. The highest BCUT2D eigenvalue weighted by Crippen LogP contribution is 2.35. The zero-order chi connectivity index (χ0) is 10.7. The van der Waals surface area contributed by atoms with Crippen LogP contribution in [-0.4, -0.2) is 9.55 Å². The molecule has 1 aliphatic carbocycles. The largest absolute Gasteiger partial charge is 0.384 e. The summed E-state index contributed by atoms with van der Waals surface area (Å²) in [6, 6.07) is 0. The van der Waals surface area contributed by atoms with Gasteiger partial charge in [0, 0.05) is 12.5 Å². The van der Waals surface area contributed by atoms with Crippen molar-refractivity contribution in [2.75, 3.05) is 5.73 Å². The number of imidazole rings is 1. The third-order valence-corrected chi connectivity index (χ3v) is 3.40. The smallest absolute Gasteiger partial charge is 0.126 e. The molecule has 1 saturated carbocycles. The van der Waals surface area contributed by atoms with Gasteiger partial charge in [0.2, 0.25) is 0 Å². The lowest BCUT2D eigenvalue weighted by atomic mass is 10.0. The Balaban J connectivity index is 2.08. The first-order valence-electron chi connectivity index (χ1n) is 6.13. The van der Waals surface area contributed by atoms with Gasteiger partial charge in [-0.15, -0.1) is 0 Å². The van der Waals surface area contributed by atoms with Crippen molar-refractivity contribution < 1.29 is 0 Å². The molecule has 0 radical (unpaired) electrons. The number of aromatic nitrogens is 2. The maximum absolute atomic E-state index is 6.12. The van der Waals surface area contributed by atoms with Gasteiger partial charge in [0.05, 0.1) is 12.0 Å². The SMILES string of the molecule is CCCCn1cnc(C2CCCC2)c1N. The lowest BCUT2D eigenvalue weighted by Gasteiger charge is -2.08. The van der Waals surface area contributed by atoms with E-state index in [9.17, 15) is 0 Å². The first-order chi connectivity index (χ1) is 7.33. The van der Waals surface area contributed by atoms with Crippen LogP contribution >= 0.6 is 0 Å². The summed E-state index contributed by atoms with van der Waals surface area (Å²) in [6.45, 7) is 3.22. The van der Waals surface area contributed by atoms with Crippen LogP contribution in [0.4, 0.5) is 5.82 Å². The van der Waals surface area contributed by atoms with Gasteiger partial charge in [-0.3, -0.25) is 0 Å². The molecule has 1 fully saturated rings. The quantitative estimate of drug-likeness (QED) is 0.825. The fourth-order valence-corrected chi connectivity index (χ4v) is 2.43. The summed E-state index contributed by atoms with van der Waals surface area (Å²) in [7, 11) is 0. The van der Waals surface area contributed by atoms with Crippen LogP contribution in [0.2, 0.25) is 0 Å². The number of hydrogen-bond donors (Lipinski definition) is 1. The summed E-state index contributed by atoms with van der Waals surface area (Å²) in [5.41, 5.74) is 7.28. The van der Waals surface area contributed by atoms with E-state index in [4.69, 9.17) is 5.73 Å². The van der Waals surface area contributed by atoms with E-state index in [-0.39, 0.29) is 0 Å². The average Bonchev–Trinajstić information content (AvgIpc) is 2.84. The van der Waals surface area contributed by atoms with Crippen LogP contribution in [0.15, 0.2) is 6.33 Å². The Morgan fingerprint density at radius 2 is 2.20 bits per heavy atom. The van der Waals surface area contributed by atoms with Crippen LogP contribution in [0.5, 0.6) is 0 Å². The van der Waals surface area contributed by atoms with Crippen LogP contribution in [0.25, 0.3) is 0 Å². The van der Waals surface area contributed by atoms with E-state index in [2.05, 4.69) is 16.5 Å². The first-order valence-corrected chi connectivity index (χ1v) is 6.13. The minimum atomic E-state index is 0.632. The summed E-state index contributed by atoms with van der Waals surface area (Å²) in [5, 5.41) is 0. The molecule has 2 N–H and O–H groups in total. The second-order valence-corrected chi connectivity index (χ2v) is 4.54. The van der Waals surface area contributed by atoms with Gasteiger partial charge in [0.25, 0.3) is 0 Å². The Labute approximate surface area is 91.7 Å². The highest BCUT2D eigenvalue weighted by atomic mass is 15.1. The van der Waals surface area contributed by atoms with Crippen molar-refractivity contribution in [3.05, 3.63) is 12.0 Å². The summed E-state index contributed by atoms with van der Waals surface area (Å²) >= 11 is 0. The highest BCUT2D eigenvalue weighted by Gasteiger charge is 2.22. The van der Waals surface area contributed by atoms with Crippen LogP contribution in [0.1, 0.15) is 57.1 Å². The van der Waals surface area contributed by atoms with Gasteiger partial charge in [-0.2, -0.15) is 0 Å². The molecule has 2 rings (SSSR count). The molecule has 1 aliphatic rings. The number of unbranched alkanes of at least 4 members (excludes halogenated alkanes) is 1. The van der Waals surface area contributed by atoms with Crippen LogP contribution < -0.4 is 5.73 Å². The van der Waals surface area contributed by atoms with Crippen LogP contribution in [0, 0.1) is 0 Å². The summed E-state index contributed by atoms with van der Waals surface area (Å²) in [5.74, 6) is 1.54. The van der Waals surface area contributed by atoms with E-state index < -0.39 is 0 Å². The molecule has 1 aromatic heterocycles. The Kier molecular flexibility index (Phi) is 3.29. The van der Waals surface area contributed by atoms with Gasteiger partial charge in [0.1, 0.15) is 5.82 Å². The van der Waals surface area contributed by atoms with Gasteiger partial charge in [-0.1, -0.05) is 26.2 Å². The molecule has 0 aromatic carbocycles. The van der Waals surface area contributed by atoms with Gasteiger partial charge in [-0.25, -0.2) is 4.98 Å². The van der Waals surface area contributed by atoms with E-state index in [0.717, 1.165) is 18.1 Å². The molecule has 0 bridgehead atoms. The number of nitrogens with two attached hydrogens (primary N) is 1. The lowest BCUT2D eigenvalue weighted by Crippen LogP contribution is -2.04. The van der Waals surface area contributed by atoms with Gasteiger partial charge in [0.15, 0.2) is 0 Å². The summed E-state index contributed by atoms with van der Waals surface area (Å²) < 4.78 is 2.11. The number of rotatable bonds is 4. The van der Waals surface area contributed by atoms with E-state index in [1.54, 1.807) is 0 Å². The average molecular weight is 207 g/mol. The summed E-state index contributed by atoms with van der Waals surface area (Å²) in [4.78, 5) is 4.49. The monoisotopic (exact) mass is 207 g/mol. The Bertz CT molecular complexity index is 311. The van der Waals surface area contributed by atoms with Crippen molar-refractivity contribution >= 4 is 5.82 Å². The molecule has 0 atom stereocenters. The molecule has 1 heterocycles. The lowest BCUT2D eigenvalue weighted by molar-refractivity contribution is 0.636. The molecule has 15 heavy (non-hydrogen) atoms. The molecular weight excluding hydrogens is 186 g/mol. The van der Waals surface area contributed by atoms with E-state index in [0.29, 0.717) is 5.92 Å². The van der Waals surface area contributed by atoms with Crippen molar-refractivity contribution in [2.24, 2.45) is 0 Å². The van der Waals surface area contributed by atoms with Crippen LogP contribution in [-0.2, 0) is 6.54 Å². The molecule has 84 valence electrons. The predicted octanol–water partition coefficient (Wildman–Crippen LogP) is 2.92. The highest BCUT2D eigenvalue weighted by molar-refractivity contribution is 5.38. The van der Waals surface area contributed by atoms with E-state index in [1.165, 1.54) is 38.5 Å². The minimum absolute atomic E-state index is 0.632. The van der Waals surface area contributed by atoms with Gasteiger partial charge >= 0.3 is 0 Å². The molecule has 0 unspecified atom stereocenters. The van der Waals surface area contributed by atoms with Crippen molar-refractivity contribution in [3.8, 4) is 0 Å². The molecule has 3 nitrogen and oxygen atoms in total. The van der Waals surface area contributed by atoms with Crippen molar-refractivity contribution in [2.45, 2.75) is 57.9 Å². The number of nitrogen functional groups attached to an aromatic ring is 1. The second-order valence-electron chi connectivity index (χ2n) is 4.54. The molecule has 0 spiro atoms. The number of hydrogen-bond acceptors (Lipinski definition) is 2. The maximum Gasteiger partial charge on any atom is 0.126 e. The molecule has 0 aliphatic heterocycles. The zero-order valence-corrected chi connectivity index (χ0v) is 9.58. The maximum atomic E-state index is 6.12. The molecule has 0 amide bonds. The third kappa shape index (κ3) is 2.16. The number of nitrogens with zero attached hydrogens (tertiary/aromatic N) is 2. The normalized spacial score (nSPS) is 17.4. The van der Waals surface area contributed by atoms with Gasteiger partial charge in [-0.05, 0) is 19.3 Å². The number of anilines is 1. The Morgan fingerprint density at radius 1 is 1.47 bits per heavy atom. The molecular formula is C12H21N3. The van der Waals surface area contributed by atoms with Gasteiger partial charge < -0.3 is 10.3 Å². The predicted molar refractivity (Wildman–Crippen MR) is 62.8 cm³/mol.